The summed E-state index contributed by atoms with van der Waals surface area (Å²) in [6.07, 6.45) is 0. The number of benzene rings is 9. The van der Waals surface area contributed by atoms with Crippen LogP contribution in [0, 0.1) is 0 Å². The SMILES string of the molecule is c1ccc(-c2nc(-c3cccc(-c4ccc(C5(c6ccc7c(c6)sc6ccccc67)c6ccccc6-c6ccccc65)cc4)c3)nc(-c3ccc4c(c3)oc3ccccc34)n2)cc1. The molecule has 0 atom stereocenters. The summed E-state index contributed by atoms with van der Waals surface area (Å²) in [7, 11) is 0. The number of furan rings is 1. The molecule has 0 saturated heterocycles. The summed E-state index contributed by atoms with van der Waals surface area (Å²) < 4.78 is 8.89. The summed E-state index contributed by atoms with van der Waals surface area (Å²) >= 11 is 1.87. The van der Waals surface area contributed by atoms with Crippen molar-refractivity contribution in [2.75, 3.05) is 0 Å². The van der Waals surface area contributed by atoms with Crippen LogP contribution in [-0.4, -0.2) is 15.0 Å². The maximum Gasteiger partial charge on any atom is 0.164 e. The zero-order valence-corrected chi connectivity index (χ0v) is 34.7. The summed E-state index contributed by atoms with van der Waals surface area (Å²) in [5.74, 6) is 1.82. The number of aromatic nitrogens is 3. The quantitative estimate of drug-likeness (QED) is 0.168. The lowest BCUT2D eigenvalue weighted by atomic mass is 9.67. The normalized spacial score (nSPS) is 12.9. The number of hydrogen-bond acceptors (Lipinski definition) is 5. The molecule has 3 heterocycles. The Morgan fingerprint density at radius 3 is 1.65 bits per heavy atom. The molecule has 0 bridgehead atoms. The van der Waals surface area contributed by atoms with Gasteiger partial charge in [-0.25, -0.2) is 15.0 Å². The predicted octanol–water partition coefficient (Wildman–Crippen LogP) is 15.2. The second kappa shape index (κ2) is 14.0. The van der Waals surface area contributed by atoms with Gasteiger partial charge < -0.3 is 4.42 Å². The fraction of sp³-hybridized carbons (Fsp3) is 0.0172. The summed E-state index contributed by atoms with van der Waals surface area (Å²) in [6.45, 7) is 0. The minimum absolute atomic E-state index is 0.502. The van der Waals surface area contributed by atoms with E-state index in [-0.39, 0.29) is 0 Å². The Kier molecular flexibility index (Phi) is 7.96. The van der Waals surface area contributed by atoms with E-state index in [0.29, 0.717) is 17.5 Å². The lowest BCUT2D eigenvalue weighted by Gasteiger charge is -2.34. The van der Waals surface area contributed by atoms with Crippen molar-refractivity contribution in [2.24, 2.45) is 0 Å². The number of fused-ring (bicyclic) bond motifs is 9. The molecule has 13 rings (SSSR count). The van der Waals surface area contributed by atoms with E-state index in [9.17, 15) is 0 Å². The molecule has 5 heteroatoms. The Labute approximate surface area is 367 Å². The maximum absolute atomic E-state index is 6.27. The molecule has 12 aromatic rings. The molecule has 4 nitrogen and oxygen atoms in total. The van der Waals surface area contributed by atoms with Crippen LogP contribution in [0.4, 0.5) is 0 Å². The Morgan fingerprint density at radius 1 is 0.333 bits per heavy atom. The first kappa shape index (κ1) is 35.7. The minimum atomic E-state index is -0.502. The van der Waals surface area contributed by atoms with E-state index in [4.69, 9.17) is 19.4 Å². The van der Waals surface area contributed by atoms with Gasteiger partial charge in [0.15, 0.2) is 17.5 Å². The van der Waals surface area contributed by atoms with Crippen molar-refractivity contribution in [3.05, 3.63) is 235 Å². The second-order valence-corrected chi connectivity index (χ2v) is 17.4. The van der Waals surface area contributed by atoms with Crippen molar-refractivity contribution < 1.29 is 4.42 Å². The first-order valence-electron chi connectivity index (χ1n) is 21.2. The Bertz CT molecular complexity index is 3710. The van der Waals surface area contributed by atoms with Gasteiger partial charge in [-0.15, -0.1) is 11.3 Å². The van der Waals surface area contributed by atoms with Crippen molar-refractivity contribution >= 4 is 53.4 Å². The number of thiophene rings is 1. The summed E-state index contributed by atoms with van der Waals surface area (Å²) in [5, 5.41) is 4.77. The number of hydrogen-bond donors (Lipinski definition) is 0. The average Bonchev–Trinajstić information content (AvgIpc) is 4.02. The lowest BCUT2D eigenvalue weighted by Crippen LogP contribution is -2.28. The van der Waals surface area contributed by atoms with Gasteiger partial charge in [0, 0.05) is 47.6 Å². The summed E-state index contributed by atoms with van der Waals surface area (Å²) in [5.41, 5.74) is 13.7. The van der Waals surface area contributed by atoms with Crippen molar-refractivity contribution in [3.63, 3.8) is 0 Å². The van der Waals surface area contributed by atoms with E-state index in [1.807, 2.05) is 65.9 Å². The van der Waals surface area contributed by atoms with E-state index in [2.05, 4.69) is 158 Å². The van der Waals surface area contributed by atoms with Crippen LogP contribution in [0.2, 0.25) is 0 Å². The van der Waals surface area contributed by atoms with E-state index >= 15 is 0 Å². The van der Waals surface area contributed by atoms with Gasteiger partial charge in [0.1, 0.15) is 11.2 Å². The molecule has 294 valence electrons. The van der Waals surface area contributed by atoms with Crippen LogP contribution in [-0.2, 0) is 5.41 Å². The first-order valence-corrected chi connectivity index (χ1v) is 22.1. The first-order chi connectivity index (χ1) is 31.2. The van der Waals surface area contributed by atoms with Crippen LogP contribution in [0.1, 0.15) is 22.3 Å². The molecule has 0 radical (unpaired) electrons. The third-order valence-electron chi connectivity index (χ3n) is 12.8. The molecule has 9 aromatic carbocycles. The zero-order chi connectivity index (χ0) is 41.5. The summed E-state index contributed by atoms with van der Waals surface area (Å²) in [4.78, 5) is 15.2. The highest BCUT2D eigenvalue weighted by Gasteiger charge is 2.46. The van der Waals surface area contributed by atoms with Crippen LogP contribution in [0.3, 0.4) is 0 Å². The standard InChI is InChI=1S/C58H35N3OS/c1-2-13-37(14-3-1)55-59-56(61-57(60-55)40-27-31-46-45-19-6-10-23-51(45)62-52(46)34-40)39-16-12-15-38(33-39)36-25-28-41(29-26-36)58(49-21-8-4-17-43(49)44-18-5-9-22-50(44)58)42-30-32-48-47-20-7-11-24-53(47)63-54(48)35-42/h1-35H. The van der Waals surface area contributed by atoms with Crippen LogP contribution in [0.5, 0.6) is 0 Å². The molecule has 0 aliphatic heterocycles. The van der Waals surface area contributed by atoms with Crippen molar-refractivity contribution in [3.8, 4) is 56.4 Å². The largest absolute Gasteiger partial charge is 0.456 e. The highest BCUT2D eigenvalue weighted by molar-refractivity contribution is 7.25. The van der Waals surface area contributed by atoms with E-state index in [1.54, 1.807) is 0 Å². The van der Waals surface area contributed by atoms with Gasteiger partial charge in [-0.3, -0.25) is 0 Å². The molecule has 0 spiro atoms. The molecule has 0 N–H and O–H groups in total. The van der Waals surface area contributed by atoms with E-state index in [1.165, 1.54) is 53.6 Å². The predicted molar refractivity (Wildman–Crippen MR) is 259 cm³/mol. The van der Waals surface area contributed by atoms with Gasteiger partial charge in [-0.05, 0) is 80.9 Å². The van der Waals surface area contributed by atoms with Gasteiger partial charge in [0.05, 0.1) is 5.41 Å². The number of para-hydroxylation sites is 1. The molecular formula is C58H35N3OS. The molecule has 0 unspecified atom stereocenters. The molecule has 3 aromatic heterocycles. The third-order valence-corrected chi connectivity index (χ3v) is 14.0. The minimum Gasteiger partial charge on any atom is -0.456 e. The molecule has 0 fully saturated rings. The molecule has 0 saturated carbocycles. The topological polar surface area (TPSA) is 51.8 Å². The van der Waals surface area contributed by atoms with Gasteiger partial charge >= 0.3 is 0 Å². The number of nitrogens with zero attached hydrogens (tertiary/aromatic N) is 3. The van der Waals surface area contributed by atoms with Crippen molar-refractivity contribution in [1.82, 2.24) is 15.0 Å². The highest BCUT2D eigenvalue weighted by Crippen LogP contribution is 2.57. The smallest absolute Gasteiger partial charge is 0.164 e. The van der Waals surface area contributed by atoms with E-state index < -0.39 is 5.41 Å². The Morgan fingerprint density at radius 2 is 0.873 bits per heavy atom. The third kappa shape index (κ3) is 5.57. The lowest BCUT2D eigenvalue weighted by molar-refractivity contribution is 0.669. The van der Waals surface area contributed by atoms with Gasteiger partial charge in [0.25, 0.3) is 0 Å². The van der Waals surface area contributed by atoms with Gasteiger partial charge in [0.2, 0.25) is 0 Å². The Balaban J connectivity index is 0.930. The van der Waals surface area contributed by atoms with Crippen LogP contribution < -0.4 is 0 Å². The van der Waals surface area contributed by atoms with E-state index in [0.717, 1.165) is 49.8 Å². The Hall–Kier alpha value is -7.99. The van der Waals surface area contributed by atoms with Crippen molar-refractivity contribution in [2.45, 2.75) is 5.41 Å². The zero-order valence-electron chi connectivity index (χ0n) is 33.9. The van der Waals surface area contributed by atoms with Crippen molar-refractivity contribution in [1.29, 1.82) is 0 Å². The monoisotopic (exact) mass is 821 g/mol. The fourth-order valence-corrected chi connectivity index (χ4v) is 11.1. The van der Waals surface area contributed by atoms with Gasteiger partial charge in [-0.1, -0.05) is 176 Å². The fourth-order valence-electron chi connectivity index (χ4n) is 9.95. The molecular weight excluding hydrogens is 787 g/mol. The average molecular weight is 822 g/mol. The van der Waals surface area contributed by atoms with Crippen LogP contribution in [0.25, 0.3) is 98.5 Å². The molecule has 1 aliphatic rings. The van der Waals surface area contributed by atoms with Crippen LogP contribution >= 0.6 is 11.3 Å². The molecule has 63 heavy (non-hydrogen) atoms. The van der Waals surface area contributed by atoms with Gasteiger partial charge in [-0.2, -0.15) is 0 Å². The second-order valence-electron chi connectivity index (χ2n) is 16.3. The van der Waals surface area contributed by atoms with Crippen LogP contribution in [0.15, 0.2) is 217 Å². The molecule has 1 aliphatic carbocycles. The summed E-state index contributed by atoms with van der Waals surface area (Å²) in [6, 6.07) is 76.0. The maximum atomic E-state index is 6.27. The number of rotatable bonds is 6. The molecule has 0 amide bonds. The highest BCUT2D eigenvalue weighted by atomic mass is 32.1.